The molecule has 0 saturated carbocycles. The predicted octanol–water partition coefficient (Wildman–Crippen LogP) is 7.99. The zero-order valence-electron chi connectivity index (χ0n) is 29.5. The fourth-order valence-corrected chi connectivity index (χ4v) is 5.81. The number of nitrogens with one attached hydrogen (secondary N) is 2. The van der Waals surface area contributed by atoms with Crippen molar-refractivity contribution in [3.8, 4) is 0 Å². The van der Waals surface area contributed by atoms with Crippen molar-refractivity contribution in [1.29, 1.82) is 0 Å². The highest BCUT2D eigenvalue weighted by Gasteiger charge is 2.20. The van der Waals surface area contributed by atoms with Crippen LogP contribution in [0.15, 0.2) is 0 Å². The van der Waals surface area contributed by atoms with E-state index in [2.05, 4.69) is 52.7 Å². The molecule has 0 spiro atoms. The Hall–Kier alpha value is -1.14. The lowest BCUT2D eigenvalue weighted by Crippen LogP contribution is -2.48. The summed E-state index contributed by atoms with van der Waals surface area (Å²) in [4.78, 5) is 24.9. The summed E-state index contributed by atoms with van der Waals surface area (Å²) >= 11 is 0. The molecule has 0 rings (SSSR count). The monoisotopic (exact) mass is 597 g/mol. The Labute approximate surface area is 263 Å². The maximum Gasteiger partial charge on any atom is 0.275 e. The van der Waals surface area contributed by atoms with Gasteiger partial charge in [-0.2, -0.15) is 0 Å². The van der Waals surface area contributed by atoms with Gasteiger partial charge in [-0.25, -0.2) is 0 Å². The van der Waals surface area contributed by atoms with Gasteiger partial charge in [-0.3, -0.25) is 9.59 Å². The smallest absolute Gasteiger partial charge is 0.275 e. The van der Waals surface area contributed by atoms with Crippen LogP contribution in [0.3, 0.4) is 0 Å². The minimum Gasteiger partial charge on any atom is -0.351 e. The topological polar surface area (TPSA) is 58.2 Å². The van der Waals surface area contributed by atoms with E-state index in [-0.39, 0.29) is 11.8 Å². The van der Waals surface area contributed by atoms with Crippen LogP contribution in [0.2, 0.25) is 0 Å². The van der Waals surface area contributed by atoms with E-state index in [9.17, 15) is 9.59 Å². The lowest BCUT2D eigenvalue weighted by atomic mass is 10.1. The van der Waals surface area contributed by atoms with Gasteiger partial charge in [-0.15, -0.1) is 0 Å². The molecule has 0 unspecified atom stereocenters. The highest BCUT2D eigenvalue weighted by molar-refractivity contribution is 5.77. The molecular formula is C36H76N4O2+2. The molecule has 2 amide bonds. The molecule has 0 radical (unpaired) electrons. The van der Waals surface area contributed by atoms with Crippen molar-refractivity contribution in [1.82, 2.24) is 10.6 Å². The zero-order valence-corrected chi connectivity index (χ0v) is 29.5. The molecule has 0 aliphatic rings. The Morgan fingerprint density at radius 1 is 0.405 bits per heavy atom. The van der Waals surface area contributed by atoms with Gasteiger partial charge in [0.2, 0.25) is 0 Å². The maximum atomic E-state index is 12.4. The van der Waals surface area contributed by atoms with Gasteiger partial charge in [0, 0.05) is 13.1 Å². The fraction of sp³-hybridized carbons (Fsp3) is 0.944. The molecule has 0 aliphatic heterocycles. The Bertz CT molecular complexity index is 582. The summed E-state index contributed by atoms with van der Waals surface area (Å²) in [6.45, 7) is 9.12. The van der Waals surface area contributed by atoms with Crippen LogP contribution in [0.1, 0.15) is 155 Å². The van der Waals surface area contributed by atoms with E-state index in [0.29, 0.717) is 26.2 Å². The van der Waals surface area contributed by atoms with Crippen LogP contribution in [0.4, 0.5) is 0 Å². The second-order valence-corrected chi connectivity index (χ2v) is 14.4. The van der Waals surface area contributed by atoms with Crippen molar-refractivity contribution < 1.29 is 18.6 Å². The third-order valence-corrected chi connectivity index (χ3v) is 8.63. The highest BCUT2D eigenvalue weighted by atomic mass is 16.2. The normalized spacial score (nSPS) is 12.0. The maximum absolute atomic E-state index is 12.4. The summed E-state index contributed by atoms with van der Waals surface area (Å²) in [5, 5.41) is 6.17. The van der Waals surface area contributed by atoms with Crippen LogP contribution < -0.4 is 10.6 Å². The second kappa shape index (κ2) is 27.4. The molecule has 42 heavy (non-hydrogen) atoms. The number of carbonyl (C=O) groups excluding carboxylic acids is 2. The molecule has 250 valence electrons. The summed E-state index contributed by atoms with van der Waals surface area (Å²) in [6.07, 6.45) is 28.7. The average molecular weight is 597 g/mol. The van der Waals surface area contributed by atoms with Crippen molar-refractivity contribution in [3.05, 3.63) is 0 Å². The summed E-state index contributed by atoms with van der Waals surface area (Å²) < 4.78 is 1.51. The number of amides is 2. The van der Waals surface area contributed by atoms with Crippen LogP contribution in [0.25, 0.3) is 0 Å². The van der Waals surface area contributed by atoms with Crippen LogP contribution in [0.5, 0.6) is 0 Å². The molecule has 0 aliphatic carbocycles. The molecule has 0 aromatic carbocycles. The van der Waals surface area contributed by atoms with E-state index in [1.807, 2.05) is 0 Å². The van der Waals surface area contributed by atoms with Gasteiger partial charge in [0.1, 0.15) is 0 Å². The van der Waals surface area contributed by atoms with Crippen LogP contribution in [-0.2, 0) is 9.59 Å². The molecule has 0 saturated heterocycles. The quantitative estimate of drug-likeness (QED) is 0.0629. The van der Waals surface area contributed by atoms with E-state index in [0.717, 1.165) is 34.9 Å². The molecule has 0 fully saturated rings. The molecular weight excluding hydrogens is 520 g/mol. The molecule has 6 heteroatoms. The first-order chi connectivity index (χ1) is 20.1. The molecule has 0 atom stereocenters. The first-order valence-electron chi connectivity index (χ1n) is 18.3. The van der Waals surface area contributed by atoms with Crippen molar-refractivity contribution in [2.24, 2.45) is 0 Å². The lowest BCUT2D eigenvalue weighted by molar-refractivity contribution is -0.882. The van der Waals surface area contributed by atoms with Crippen molar-refractivity contribution >= 4 is 11.8 Å². The number of carbonyl (C=O) groups is 2. The van der Waals surface area contributed by atoms with Gasteiger partial charge in [0.05, 0.1) is 41.3 Å². The van der Waals surface area contributed by atoms with Gasteiger partial charge in [0.25, 0.3) is 11.8 Å². The zero-order chi connectivity index (χ0) is 31.4. The van der Waals surface area contributed by atoms with E-state index in [1.165, 1.54) is 128 Å². The minimum atomic E-state index is 0.141. The molecule has 0 bridgehead atoms. The number of unbranched alkanes of at least 4 members (excludes halogenated alkanes) is 19. The van der Waals surface area contributed by atoms with Gasteiger partial charge in [-0.1, -0.05) is 117 Å². The highest BCUT2D eigenvalue weighted by Crippen LogP contribution is 2.13. The van der Waals surface area contributed by atoms with Crippen LogP contribution in [0, 0.1) is 0 Å². The molecule has 2 N–H and O–H groups in total. The number of nitrogens with zero attached hydrogens (tertiary/aromatic N) is 2. The predicted molar refractivity (Wildman–Crippen MR) is 183 cm³/mol. The Kier molecular flexibility index (Phi) is 26.7. The van der Waals surface area contributed by atoms with E-state index < -0.39 is 0 Å². The van der Waals surface area contributed by atoms with Crippen molar-refractivity contribution in [2.75, 3.05) is 67.5 Å². The first-order valence-corrected chi connectivity index (χ1v) is 18.3. The van der Waals surface area contributed by atoms with Crippen LogP contribution >= 0.6 is 0 Å². The lowest BCUT2D eigenvalue weighted by Gasteiger charge is -2.29. The standard InChI is InChI=1S/C36H74N4O2/c1-7-9-11-13-15-17-19-21-23-27-31-39(3,4)33-35(41)37-29-25-26-30-38-36(42)34-40(5,6)32-28-24-22-20-18-16-14-12-10-8-2/h7-34H2,1-6H3/p+2. The Morgan fingerprint density at radius 2 is 0.667 bits per heavy atom. The number of quaternary nitrogens is 2. The SMILES string of the molecule is CCCCCCCCCCCC[N+](C)(C)CC(=O)NCCCCNC(=O)C[N+](C)(C)CCCCCCCCCCCC. The van der Waals surface area contributed by atoms with Crippen molar-refractivity contribution in [2.45, 2.75) is 155 Å². The number of likely N-dealkylation sites (N-methyl/N-ethyl adjacent to an activating group) is 2. The van der Waals surface area contributed by atoms with E-state index in [1.54, 1.807) is 0 Å². The first kappa shape index (κ1) is 40.9. The van der Waals surface area contributed by atoms with Gasteiger partial charge in [0.15, 0.2) is 13.1 Å². The Morgan fingerprint density at radius 3 is 0.952 bits per heavy atom. The van der Waals surface area contributed by atoms with E-state index >= 15 is 0 Å². The van der Waals surface area contributed by atoms with Gasteiger partial charge in [-0.05, 0) is 38.5 Å². The third-order valence-electron chi connectivity index (χ3n) is 8.63. The largest absolute Gasteiger partial charge is 0.351 e. The molecule has 6 nitrogen and oxygen atoms in total. The summed E-state index contributed by atoms with van der Waals surface area (Å²) in [5.74, 6) is 0.282. The summed E-state index contributed by atoms with van der Waals surface area (Å²) in [5.41, 5.74) is 0. The number of hydrogen-bond acceptors (Lipinski definition) is 2. The number of rotatable bonds is 31. The van der Waals surface area contributed by atoms with Crippen molar-refractivity contribution in [3.63, 3.8) is 0 Å². The van der Waals surface area contributed by atoms with E-state index in [4.69, 9.17) is 0 Å². The number of hydrogen-bond donors (Lipinski definition) is 2. The van der Waals surface area contributed by atoms with Gasteiger partial charge >= 0.3 is 0 Å². The average Bonchev–Trinajstić information content (AvgIpc) is 2.92. The summed E-state index contributed by atoms with van der Waals surface area (Å²) in [6, 6.07) is 0. The fourth-order valence-electron chi connectivity index (χ4n) is 5.81. The minimum absolute atomic E-state index is 0.141. The third kappa shape index (κ3) is 29.0. The van der Waals surface area contributed by atoms with Gasteiger partial charge < -0.3 is 19.6 Å². The van der Waals surface area contributed by atoms with Crippen LogP contribution in [-0.4, -0.2) is 88.2 Å². The molecule has 0 heterocycles. The summed E-state index contributed by atoms with van der Waals surface area (Å²) in [7, 11) is 8.66. The molecule has 0 aromatic rings. The Balaban J connectivity index is 3.72. The second-order valence-electron chi connectivity index (χ2n) is 14.4. The molecule has 0 aromatic heterocycles.